The van der Waals surface area contributed by atoms with Gasteiger partial charge < -0.3 is 15.2 Å². The Kier molecular flexibility index (Phi) is 4.23. The molecule has 3 heteroatoms. The molecule has 0 aromatic heterocycles. The fourth-order valence-electron chi connectivity index (χ4n) is 2.67. The fraction of sp³-hybridized carbons (Fsp3) is 0.333. The highest BCUT2D eigenvalue weighted by Crippen LogP contribution is 2.28. The fourth-order valence-corrected chi connectivity index (χ4v) is 2.67. The maximum absolute atomic E-state index is 5.91. The molecule has 2 aromatic rings. The zero-order chi connectivity index (χ0) is 14.7. The molecule has 0 saturated carbocycles. The summed E-state index contributed by atoms with van der Waals surface area (Å²) in [6.07, 6.45) is 0.987. The molecule has 0 saturated heterocycles. The lowest BCUT2D eigenvalue weighted by molar-refractivity contribution is 0.0102. The van der Waals surface area contributed by atoms with Crippen LogP contribution in [0.25, 0.3) is 0 Å². The van der Waals surface area contributed by atoms with Gasteiger partial charge in [-0.2, -0.15) is 0 Å². The van der Waals surface area contributed by atoms with Crippen LogP contribution in [0.2, 0.25) is 0 Å². The van der Waals surface area contributed by atoms with Gasteiger partial charge in [0.2, 0.25) is 0 Å². The summed E-state index contributed by atoms with van der Waals surface area (Å²) < 4.78 is 11.8. The first-order valence-corrected chi connectivity index (χ1v) is 7.42. The molecule has 1 aliphatic rings. The number of hydrogen-bond acceptors (Lipinski definition) is 3. The summed E-state index contributed by atoms with van der Waals surface area (Å²) in [6.45, 7) is 3.25. The van der Waals surface area contributed by atoms with Crippen molar-refractivity contribution in [3.63, 3.8) is 0 Å². The smallest absolute Gasteiger partial charge is 0.119 e. The summed E-state index contributed by atoms with van der Waals surface area (Å²) in [7, 11) is 0. The van der Waals surface area contributed by atoms with Gasteiger partial charge in [-0.25, -0.2) is 0 Å². The molecular formula is C18H21NO2. The monoisotopic (exact) mass is 283 g/mol. The van der Waals surface area contributed by atoms with Crippen molar-refractivity contribution < 1.29 is 9.47 Å². The molecule has 21 heavy (non-hydrogen) atoms. The third-order valence-electron chi connectivity index (χ3n) is 3.88. The van der Waals surface area contributed by atoms with Gasteiger partial charge in [-0.15, -0.1) is 0 Å². The van der Waals surface area contributed by atoms with Crippen molar-refractivity contribution in [2.45, 2.75) is 25.5 Å². The molecule has 1 aliphatic heterocycles. The van der Waals surface area contributed by atoms with Crippen LogP contribution in [0.1, 0.15) is 35.8 Å². The number of fused-ring (bicyclic) bond motifs is 1. The zero-order valence-electron chi connectivity index (χ0n) is 12.3. The molecule has 0 radical (unpaired) electrons. The minimum absolute atomic E-state index is 0.00825. The first-order chi connectivity index (χ1) is 10.2. The highest BCUT2D eigenvalue weighted by Gasteiger charge is 2.20. The molecule has 2 atom stereocenters. The average molecular weight is 283 g/mol. The van der Waals surface area contributed by atoms with Gasteiger partial charge in [0, 0.05) is 6.04 Å². The van der Waals surface area contributed by atoms with E-state index in [0.717, 1.165) is 24.3 Å². The second kappa shape index (κ2) is 6.29. The van der Waals surface area contributed by atoms with E-state index < -0.39 is 0 Å². The van der Waals surface area contributed by atoms with Crippen molar-refractivity contribution in [2.75, 3.05) is 13.2 Å². The molecule has 0 amide bonds. The molecule has 3 nitrogen and oxygen atoms in total. The average Bonchev–Trinajstić information content (AvgIpc) is 2.53. The summed E-state index contributed by atoms with van der Waals surface area (Å²) >= 11 is 0. The van der Waals surface area contributed by atoms with E-state index in [1.807, 2.05) is 31.2 Å². The van der Waals surface area contributed by atoms with E-state index in [2.05, 4.69) is 24.3 Å². The predicted molar refractivity (Wildman–Crippen MR) is 83.4 cm³/mol. The largest absolute Gasteiger partial charge is 0.491 e. The van der Waals surface area contributed by atoms with E-state index in [1.54, 1.807) is 0 Å². The second-order valence-electron chi connectivity index (χ2n) is 5.48. The Hall–Kier alpha value is -1.84. The molecule has 1 heterocycles. The van der Waals surface area contributed by atoms with Crippen LogP contribution < -0.4 is 10.5 Å². The van der Waals surface area contributed by atoms with Gasteiger partial charge in [0.25, 0.3) is 0 Å². The maximum atomic E-state index is 5.91. The molecule has 110 valence electrons. The van der Waals surface area contributed by atoms with Crippen molar-refractivity contribution >= 4 is 0 Å². The molecule has 0 aliphatic carbocycles. The minimum atomic E-state index is 0.00825. The van der Waals surface area contributed by atoms with Crippen molar-refractivity contribution in [3.8, 4) is 5.75 Å². The number of ether oxygens (including phenoxy) is 2. The number of hydrogen-bond donors (Lipinski definition) is 1. The van der Waals surface area contributed by atoms with E-state index in [4.69, 9.17) is 15.2 Å². The quantitative estimate of drug-likeness (QED) is 0.935. The Labute approximate surface area is 125 Å². The van der Waals surface area contributed by atoms with Gasteiger partial charge in [-0.3, -0.25) is 0 Å². The summed E-state index contributed by atoms with van der Waals surface area (Å²) in [5.74, 6) is 0.844. The first kappa shape index (κ1) is 14.1. The third kappa shape index (κ3) is 3.26. The van der Waals surface area contributed by atoms with Crippen LogP contribution in [0.5, 0.6) is 5.75 Å². The van der Waals surface area contributed by atoms with Crippen LogP contribution in [0.15, 0.2) is 48.5 Å². The lowest BCUT2D eigenvalue weighted by atomic mass is 9.98. The van der Waals surface area contributed by atoms with Gasteiger partial charge in [0.15, 0.2) is 0 Å². The molecule has 0 bridgehead atoms. The van der Waals surface area contributed by atoms with Crippen molar-refractivity contribution in [1.29, 1.82) is 0 Å². The molecular weight excluding hydrogens is 262 g/mol. The van der Waals surface area contributed by atoms with Gasteiger partial charge in [0.05, 0.1) is 6.61 Å². The van der Waals surface area contributed by atoms with Crippen LogP contribution in [0.3, 0.4) is 0 Å². The minimum Gasteiger partial charge on any atom is -0.491 e. The highest BCUT2D eigenvalue weighted by atomic mass is 16.5. The molecule has 0 fully saturated rings. The normalized spacial score (nSPS) is 18.9. The number of nitrogens with two attached hydrogens (primary N) is 1. The van der Waals surface area contributed by atoms with Crippen LogP contribution in [0.4, 0.5) is 0 Å². The van der Waals surface area contributed by atoms with Crippen LogP contribution in [-0.4, -0.2) is 13.2 Å². The van der Waals surface area contributed by atoms with Gasteiger partial charge >= 0.3 is 0 Å². The molecule has 3 rings (SSSR count). The molecule has 2 aromatic carbocycles. The highest BCUT2D eigenvalue weighted by molar-refractivity contribution is 5.32. The Morgan fingerprint density at radius 1 is 1.24 bits per heavy atom. The predicted octanol–water partition coefficient (Wildman–Crippen LogP) is 3.40. The Balaban J connectivity index is 1.70. The van der Waals surface area contributed by atoms with Crippen LogP contribution in [-0.2, 0) is 11.2 Å². The second-order valence-corrected chi connectivity index (χ2v) is 5.48. The van der Waals surface area contributed by atoms with Crippen LogP contribution in [0, 0.1) is 0 Å². The van der Waals surface area contributed by atoms with E-state index in [1.165, 1.54) is 11.1 Å². The lowest BCUT2D eigenvalue weighted by Crippen LogP contribution is -2.21. The van der Waals surface area contributed by atoms with E-state index in [-0.39, 0.29) is 12.1 Å². The summed E-state index contributed by atoms with van der Waals surface area (Å²) in [4.78, 5) is 0. The number of benzene rings is 2. The Morgan fingerprint density at radius 3 is 2.95 bits per heavy atom. The van der Waals surface area contributed by atoms with E-state index in [9.17, 15) is 0 Å². The topological polar surface area (TPSA) is 44.5 Å². The lowest BCUT2D eigenvalue weighted by Gasteiger charge is -2.26. The van der Waals surface area contributed by atoms with Crippen molar-refractivity contribution in [1.82, 2.24) is 0 Å². The standard InChI is InChI=1S/C18H21NO2/c1-13(19)15-6-4-7-16(11-15)21-12-18-17-8-3-2-5-14(17)9-10-20-18/h2-8,11,13,18H,9-10,12,19H2,1H3/t13-,18?/m1/s1. The Bertz CT molecular complexity index is 610. The van der Waals surface area contributed by atoms with Crippen molar-refractivity contribution in [2.24, 2.45) is 5.73 Å². The molecule has 2 N–H and O–H groups in total. The van der Waals surface area contributed by atoms with Crippen LogP contribution >= 0.6 is 0 Å². The summed E-state index contributed by atoms with van der Waals surface area (Å²) in [5, 5.41) is 0. The summed E-state index contributed by atoms with van der Waals surface area (Å²) in [6, 6.07) is 16.4. The van der Waals surface area contributed by atoms with Gasteiger partial charge in [-0.05, 0) is 42.2 Å². The van der Waals surface area contributed by atoms with E-state index in [0.29, 0.717) is 6.61 Å². The zero-order valence-corrected chi connectivity index (χ0v) is 12.3. The van der Waals surface area contributed by atoms with Crippen molar-refractivity contribution in [3.05, 3.63) is 65.2 Å². The first-order valence-electron chi connectivity index (χ1n) is 7.42. The molecule has 1 unspecified atom stereocenters. The third-order valence-corrected chi connectivity index (χ3v) is 3.88. The SMILES string of the molecule is C[C@@H](N)c1cccc(OCC2OCCc3ccccc32)c1. The maximum Gasteiger partial charge on any atom is 0.119 e. The van der Waals surface area contributed by atoms with Gasteiger partial charge in [-0.1, -0.05) is 36.4 Å². The Morgan fingerprint density at radius 2 is 2.10 bits per heavy atom. The summed E-state index contributed by atoms with van der Waals surface area (Å²) in [5.41, 5.74) is 9.59. The van der Waals surface area contributed by atoms with E-state index >= 15 is 0 Å². The molecule has 0 spiro atoms. The van der Waals surface area contributed by atoms with Gasteiger partial charge in [0.1, 0.15) is 18.5 Å². The number of rotatable bonds is 4.